The Morgan fingerprint density at radius 1 is 1.27 bits per heavy atom. The van der Waals surface area contributed by atoms with Crippen LogP contribution in [-0.2, 0) is 11.8 Å². The lowest BCUT2D eigenvalue weighted by Crippen LogP contribution is -2.35. The fourth-order valence-electron chi connectivity index (χ4n) is 2.86. The predicted octanol–water partition coefficient (Wildman–Crippen LogP) is 1.32. The Morgan fingerprint density at radius 3 is 2.62 bits per heavy atom. The second-order valence-corrected chi connectivity index (χ2v) is 5.83. The lowest BCUT2D eigenvalue weighted by atomic mass is 10.2. The van der Waals surface area contributed by atoms with Crippen LogP contribution < -0.4 is 4.90 Å². The van der Waals surface area contributed by atoms with Crippen molar-refractivity contribution in [3.8, 4) is 0 Å². The third-order valence-corrected chi connectivity index (χ3v) is 4.34. The Labute approximate surface area is 150 Å². The zero-order valence-corrected chi connectivity index (χ0v) is 14.8. The van der Waals surface area contributed by atoms with E-state index >= 15 is 0 Å². The average Bonchev–Trinajstić information content (AvgIpc) is 2.83. The lowest BCUT2D eigenvalue weighted by Gasteiger charge is -2.23. The Hall–Kier alpha value is -2.97. The molecule has 1 saturated heterocycles. The number of rotatable bonds is 2. The number of hydrogen-bond acceptors (Lipinski definition) is 5. The summed E-state index contributed by atoms with van der Waals surface area (Å²) in [6.07, 6.45) is 5.23. The van der Waals surface area contributed by atoms with Crippen molar-refractivity contribution in [2.75, 3.05) is 31.1 Å². The molecule has 0 aromatic carbocycles. The van der Waals surface area contributed by atoms with Crippen LogP contribution in [0.3, 0.4) is 0 Å². The molecule has 9 heteroatoms. The second kappa shape index (κ2) is 8.93. The highest BCUT2D eigenvalue weighted by Crippen LogP contribution is 2.20. The summed E-state index contributed by atoms with van der Waals surface area (Å²) in [5.74, 6) is -0.331. The van der Waals surface area contributed by atoms with Crippen LogP contribution in [0.15, 0.2) is 24.7 Å². The molecule has 0 aliphatic carbocycles. The van der Waals surface area contributed by atoms with E-state index in [1.807, 2.05) is 23.8 Å². The van der Waals surface area contributed by atoms with Gasteiger partial charge in [0.05, 0.1) is 23.6 Å². The van der Waals surface area contributed by atoms with Crippen molar-refractivity contribution in [2.24, 2.45) is 7.05 Å². The molecule has 0 atom stereocenters. The molecule has 3 heterocycles. The van der Waals surface area contributed by atoms with E-state index < -0.39 is 0 Å². The van der Waals surface area contributed by atoms with Crippen LogP contribution in [0.25, 0.3) is 0 Å². The standard InChI is InChI=1S/C16H20FN5O.CH2O2/c1-12-13(10-19-20(12)2)16(23)22-7-3-6-21(8-9-22)15-4-5-18-11-14(15)17;2-1-3/h4-5,10-11H,3,6-9H2,1-2H3;1H,(H,2,3). The number of carbonyl (C=O) groups is 2. The van der Waals surface area contributed by atoms with Gasteiger partial charge in [0.1, 0.15) is 0 Å². The zero-order valence-electron chi connectivity index (χ0n) is 14.8. The minimum absolute atomic E-state index is 0.00681. The van der Waals surface area contributed by atoms with E-state index in [2.05, 4.69) is 10.1 Å². The van der Waals surface area contributed by atoms with Crippen LogP contribution in [0.2, 0.25) is 0 Å². The SMILES string of the molecule is Cc1c(C(=O)N2CCCN(c3ccncc3F)CC2)cnn1C.O=CO. The van der Waals surface area contributed by atoms with Gasteiger partial charge in [-0.2, -0.15) is 5.10 Å². The maximum Gasteiger partial charge on any atom is 0.290 e. The lowest BCUT2D eigenvalue weighted by molar-refractivity contribution is -0.122. The molecule has 1 aliphatic rings. The molecule has 2 aromatic rings. The third kappa shape index (κ3) is 4.35. The smallest absolute Gasteiger partial charge is 0.290 e. The Kier molecular flexibility index (Phi) is 6.65. The van der Waals surface area contributed by atoms with Gasteiger partial charge in [-0.25, -0.2) is 4.39 Å². The molecule has 0 radical (unpaired) electrons. The first-order valence-electron chi connectivity index (χ1n) is 8.19. The summed E-state index contributed by atoms with van der Waals surface area (Å²) in [5, 5.41) is 11.0. The van der Waals surface area contributed by atoms with Gasteiger partial charge in [-0.15, -0.1) is 0 Å². The minimum atomic E-state index is -0.324. The van der Waals surface area contributed by atoms with Crippen LogP contribution in [0, 0.1) is 12.7 Å². The maximum atomic E-state index is 13.9. The number of aryl methyl sites for hydroxylation is 1. The fraction of sp³-hybridized carbons (Fsp3) is 0.412. The number of nitrogens with zero attached hydrogens (tertiary/aromatic N) is 5. The maximum absolute atomic E-state index is 13.9. The molecule has 0 spiro atoms. The van der Waals surface area contributed by atoms with Crippen molar-refractivity contribution in [2.45, 2.75) is 13.3 Å². The molecule has 0 bridgehead atoms. The summed E-state index contributed by atoms with van der Waals surface area (Å²) < 4.78 is 15.6. The number of halogens is 1. The molecule has 2 aromatic heterocycles. The summed E-state index contributed by atoms with van der Waals surface area (Å²) in [4.78, 5) is 28.6. The minimum Gasteiger partial charge on any atom is -0.483 e. The summed E-state index contributed by atoms with van der Waals surface area (Å²) in [6, 6.07) is 1.68. The summed E-state index contributed by atoms with van der Waals surface area (Å²) >= 11 is 0. The van der Waals surface area contributed by atoms with Gasteiger partial charge in [-0.1, -0.05) is 0 Å². The molecule has 3 rings (SSSR count). The van der Waals surface area contributed by atoms with Crippen molar-refractivity contribution >= 4 is 18.1 Å². The number of amides is 1. The molecule has 140 valence electrons. The molecule has 1 fully saturated rings. The van der Waals surface area contributed by atoms with Gasteiger partial charge in [-0.3, -0.25) is 19.3 Å². The van der Waals surface area contributed by atoms with E-state index in [1.54, 1.807) is 23.1 Å². The number of carboxylic acid groups (broad SMARTS) is 1. The highest BCUT2D eigenvalue weighted by Gasteiger charge is 2.23. The van der Waals surface area contributed by atoms with Crippen LogP contribution in [0.5, 0.6) is 0 Å². The molecular formula is C17H22FN5O3. The molecule has 1 amide bonds. The van der Waals surface area contributed by atoms with E-state index in [9.17, 15) is 9.18 Å². The van der Waals surface area contributed by atoms with Gasteiger partial charge in [0.2, 0.25) is 0 Å². The van der Waals surface area contributed by atoms with Gasteiger partial charge >= 0.3 is 0 Å². The first-order chi connectivity index (χ1) is 12.5. The Bertz CT molecular complexity index is 765. The number of hydrogen-bond donors (Lipinski definition) is 1. The Balaban J connectivity index is 0.000000758. The second-order valence-electron chi connectivity index (χ2n) is 5.83. The van der Waals surface area contributed by atoms with Crippen LogP contribution >= 0.6 is 0 Å². The van der Waals surface area contributed by atoms with Crippen LogP contribution in [0.4, 0.5) is 10.1 Å². The molecule has 0 unspecified atom stereocenters. The fourth-order valence-corrected chi connectivity index (χ4v) is 2.86. The van der Waals surface area contributed by atoms with Crippen molar-refractivity contribution in [3.63, 3.8) is 0 Å². The van der Waals surface area contributed by atoms with Gasteiger partial charge in [0.15, 0.2) is 5.82 Å². The van der Waals surface area contributed by atoms with E-state index in [-0.39, 0.29) is 18.2 Å². The summed E-state index contributed by atoms with van der Waals surface area (Å²) in [5.41, 5.74) is 2.04. The topological polar surface area (TPSA) is 91.6 Å². The van der Waals surface area contributed by atoms with Gasteiger partial charge in [-0.05, 0) is 19.4 Å². The Morgan fingerprint density at radius 2 is 2.00 bits per heavy atom. The monoisotopic (exact) mass is 363 g/mol. The molecule has 1 aliphatic heterocycles. The first-order valence-corrected chi connectivity index (χ1v) is 8.19. The first kappa shape index (κ1) is 19.4. The number of anilines is 1. The van der Waals surface area contributed by atoms with Crippen molar-refractivity contribution in [1.82, 2.24) is 19.7 Å². The van der Waals surface area contributed by atoms with E-state index in [0.29, 0.717) is 30.9 Å². The third-order valence-electron chi connectivity index (χ3n) is 4.34. The number of pyridine rings is 1. The van der Waals surface area contributed by atoms with E-state index in [0.717, 1.165) is 18.7 Å². The highest BCUT2D eigenvalue weighted by atomic mass is 19.1. The van der Waals surface area contributed by atoms with Crippen molar-refractivity contribution in [3.05, 3.63) is 41.7 Å². The van der Waals surface area contributed by atoms with Gasteiger partial charge in [0.25, 0.3) is 12.4 Å². The quantitative estimate of drug-likeness (QED) is 0.809. The van der Waals surface area contributed by atoms with Crippen molar-refractivity contribution < 1.29 is 19.1 Å². The normalized spacial score (nSPS) is 14.3. The molecule has 0 saturated carbocycles. The molecule has 8 nitrogen and oxygen atoms in total. The van der Waals surface area contributed by atoms with Crippen LogP contribution in [-0.4, -0.2) is 63.3 Å². The largest absolute Gasteiger partial charge is 0.483 e. The van der Waals surface area contributed by atoms with Crippen LogP contribution in [0.1, 0.15) is 22.5 Å². The molecule has 26 heavy (non-hydrogen) atoms. The summed E-state index contributed by atoms with van der Waals surface area (Å²) in [6.45, 7) is 4.19. The average molecular weight is 363 g/mol. The molecular weight excluding hydrogens is 341 g/mol. The summed E-state index contributed by atoms with van der Waals surface area (Å²) in [7, 11) is 1.82. The van der Waals surface area contributed by atoms with Gasteiger partial charge < -0.3 is 14.9 Å². The van der Waals surface area contributed by atoms with Gasteiger partial charge in [0, 0.05) is 45.1 Å². The van der Waals surface area contributed by atoms with Crippen molar-refractivity contribution in [1.29, 1.82) is 0 Å². The number of carbonyl (C=O) groups excluding carboxylic acids is 1. The number of aromatic nitrogens is 3. The predicted molar refractivity (Wildman–Crippen MR) is 93.6 cm³/mol. The van der Waals surface area contributed by atoms with E-state index in [1.165, 1.54) is 6.20 Å². The molecule has 1 N–H and O–H groups in total. The zero-order chi connectivity index (χ0) is 19.1. The van der Waals surface area contributed by atoms with E-state index in [4.69, 9.17) is 9.90 Å². The highest BCUT2D eigenvalue weighted by molar-refractivity contribution is 5.95.